The number of nitrogens with zero attached hydrogens (tertiary/aromatic N) is 1. The number of anilines is 1. The third kappa shape index (κ3) is 4.79. The Hall–Kier alpha value is -2.41. The third-order valence-corrected chi connectivity index (χ3v) is 4.53. The van der Waals surface area contributed by atoms with Crippen molar-refractivity contribution in [3.63, 3.8) is 0 Å². The van der Waals surface area contributed by atoms with Crippen molar-refractivity contribution in [2.75, 3.05) is 19.0 Å². The number of hydrogen-bond acceptors (Lipinski definition) is 5. The quantitative estimate of drug-likeness (QED) is 0.871. The summed E-state index contributed by atoms with van der Waals surface area (Å²) in [6, 6.07) is 6.91. The second-order valence-electron chi connectivity index (χ2n) is 6.22. The average Bonchev–Trinajstić information content (AvgIpc) is 3.03. The first-order valence-corrected chi connectivity index (χ1v) is 8.32. The largest absolute Gasteiger partial charge is 0.484 e. The molecule has 0 saturated carbocycles. The van der Waals surface area contributed by atoms with E-state index < -0.39 is 0 Å². The van der Waals surface area contributed by atoms with E-state index in [9.17, 15) is 9.59 Å². The van der Waals surface area contributed by atoms with Crippen molar-refractivity contribution in [1.82, 2.24) is 10.3 Å². The topological polar surface area (TPSA) is 80.3 Å². The van der Waals surface area contributed by atoms with Gasteiger partial charge >= 0.3 is 0 Å². The van der Waals surface area contributed by atoms with Crippen LogP contribution in [0.25, 0.3) is 0 Å². The van der Waals surface area contributed by atoms with Crippen molar-refractivity contribution in [3.8, 4) is 5.75 Å². The van der Waals surface area contributed by atoms with Gasteiger partial charge < -0.3 is 15.4 Å². The monoisotopic (exact) mass is 347 g/mol. The molecule has 0 atom stereocenters. The van der Waals surface area contributed by atoms with E-state index in [1.165, 1.54) is 11.3 Å². The van der Waals surface area contributed by atoms with Crippen LogP contribution in [0.1, 0.15) is 35.5 Å². The molecule has 128 valence electrons. The van der Waals surface area contributed by atoms with Crippen molar-refractivity contribution >= 4 is 28.8 Å². The Morgan fingerprint density at radius 3 is 2.67 bits per heavy atom. The molecule has 1 heterocycles. The summed E-state index contributed by atoms with van der Waals surface area (Å²) in [4.78, 5) is 28.4. The Kier molecular flexibility index (Phi) is 5.56. The standard InChI is InChI=1S/C17H21N3O3S/c1-17(2,3)16-19-9-13(24-16)15(22)20-11-6-5-7-12(8-11)23-10-14(21)18-4/h5-9H,10H2,1-4H3,(H,18,21)(H,20,22). The number of nitrogens with one attached hydrogen (secondary N) is 2. The predicted octanol–water partition coefficient (Wildman–Crippen LogP) is 2.82. The molecule has 0 aliphatic rings. The number of ether oxygens (including phenoxy) is 1. The molecular formula is C17H21N3O3S. The molecule has 1 aromatic carbocycles. The van der Waals surface area contributed by atoms with Crippen molar-refractivity contribution in [2.45, 2.75) is 26.2 Å². The number of amides is 2. The minimum Gasteiger partial charge on any atom is -0.484 e. The van der Waals surface area contributed by atoms with Crippen LogP contribution in [0.15, 0.2) is 30.5 Å². The van der Waals surface area contributed by atoms with Gasteiger partial charge in [-0.05, 0) is 12.1 Å². The highest BCUT2D eigenvalue weighted by Gasteiger charge is 2.20. The Morgan fingerprint density at radius 2 is 2.04 bits per heavy atom. The van der Waals surface area contributed by atoms with Crippen LogP contribution in [0.2, 0.25) is 0 Å². The Balaban J connectivity index is 2.04. The highest BCUT2D eigenvalue weighted by Crippen LogP contribution is 2.27. The summed E-state index contributed by atoms with van der Waals surface area (Å²) in [5, 5.41) is 6.21. The van der Waals surface area contributed by atoms with Gasteiger partial charge in [-0.2, -0.15) is 0 Å². The van der Waals surface area contributed by atoms with Crippen LogP contribution >= 0.6 is 11.3 Å². The molecule has 24 heavy (non-hydrogen) atoms. The molecule has 0 aliphatic carbocycles. The molecule has 0 fully saturated rings. The van der Waals surface area contributed by atoms with E-state index in [0.29, 0.717) is 16.3 Å². The number of rotatable bonds is 5. The van der Waals surface area contributed by atoms with Gasteiger partial charge in [0.05, 0.1) is 11.2 Å². The first-order valence-electron chi connectivity index (χ1n) is 7.50. The summed E-state index contributed by atoms with van der Waals surface area (Å²) in [5.41, 5.74) is 0.511. The van der Waals surface area contributed by atoms with Crippen molar-refractivity contribution < 1.29 is 14.3 Å². The number of hydrogen-bond donors (Lipinski definition) is 2. The summed E-state index contributed by atoms with van der Waals surface area (Å²) >= 11 is 1.38. The van der Waals surface area contributed by atoms with Crippen molar-refractivity contribution in [2.24, 2.45) is 0 Å². The highest BCUT2D eigenvalue weighted by molar-refractivity contribution is 7.13. The van der Waals surface area contributed by atoms with Gasteiger partial charge in [-0.1, -0.05) is 26.8 Å². The van der Waals surface area contributed by atoms with Crippen LogP contribution in [0.3, 0.4) is 0 Å². The van der Waals surface area contributed by atoms with Crippen LogP contribution < -0.4 is 15.4 Å². The van der Waals surface area contributed by atoms with Crippen LogP contribution in [0.5, 0.6) is 5.75 Å². The molecule has 2 amide bonds. The predicted molar refractivity (Wildman–Crippen MR) is 94.8 cm³/mol. The first kappa shape index (κ1) is 17.9. The van der Waals surface area contributed by atoms with E-state index >= 15 is 0 Å². The van der Waals surface area contributed by atoms with Gasteiger partial charge in [-0.3, -0.25) is 9.59 Å². The molecule has 2 aromatic rings. The molecule has 1 aromatic heterocycles. The molecule has 0 bridgehead atoms. The van der Waals surface area contributed by atoms with Gasteiger partial charge in [0.2, 0.25) is 0 Å². The summed E-state index contributed by atoms with van der Waals surface area (Å²) in [6.07, 6.45) is 1.59. The van der Waals surface area contributed by atoms with E-state index in [0.717, 1.165) is 5.01 Å². The van der Waals surface area contributed by atoms with Crippen LogP contribution in [-0.2, 0) is 10.2 Å². The van der Waals surface area contributed by atoms with Crippen molar-refractivity contribution in [1.29, 1.82) is 0 Å². The number of carbonyl (C=O) groups excluding carboxylic acids is 2. The van der Waals surface area contributed by atoms with E-state index in [-0.39, 0.29) is 23.8 Å². The summed E-state index contributed by atoms with van der Waals surface area (Å²) in [5.74, 6) is 0.0753. The number of likely N-dealkylation sites (N-methyl/N-ethyl adjacent to an activating group) is 1. The average molecular weight is 347 g/mol. The lowest BCUT2D eigenvalue weighted by molar-refractivity contribution is -0.122. The number of thiazole rings is 1. The summed E-state index contributed by atoms with van der Waals surface area (Å²) < 4.78 is 5.36. The molecule has 0 spiro atoms. The van der Waals surface area contributed by atoms with Gasteiger partial charge in [0.1, 0.15) is 10.6 Å². The zero-order valence-corrected chi connectivity index (χ0v) is 15.0. The van der Waals surface area contributed by atoms with Crippen LogP contribution in [0, 0.1) is 0 Å². The second kappa shape index (κ2) is 7.44. The van der Waals surface area contributed by atoms with Crippen LogP contribution in [-0.4, -0.2) is 30.5 Å². The lowest BCUT2D eigenvalue weighted by atomic mass is 9.98. The van der Waals surface area contributed by atoms with Crippen molar-refractivity contribution in [3.05, 3.63) is 40.3 Å². The van der Waals surface area contributed by atoms with Gasteiger partial charge in [-0.15, -0.1) is 11.3 Å². The molecule has 2 rings (SSSR count). The lowest BCUT2D eigenvalue weighted by Crippen LogP contribution is -2.24. The SMILES string of the molecule is CNC(=O)COc1cccc(NC(=O)c2cnc(C(C)(C)C)s2)c1. The van der Waals surface area contributed by atoms with Gasteiger partial charge in [0.25, 0.3) is 11.8 Å². The molecule has 0 saturated heterocycles. The summed E-state index contributed by atoms with van der Waals surface area (Å²) in [7, 11) is 1.54. The van der Waals surface area contributed by atoms with E-state index in [1.54, 1.807) is 37.5 Å². The minimum atomic E-state index is -0.219. The number of benzene rings is 1. The summed E-state index contributed by atoms with van der Waals surface area (Å²) in [6.45, 7) is 6.10. The lowest BCUT2D eigenvalue weighted by Gasteiger charge is -2.13. The molecule has 6 nitrogen and oxygen atoms in total. The Morgan fingerprint density at radius 1 is 1.29 bits per heavy atom. The maximum absolute atomic E-state index is 12.3. The smallest absolute Gasteiger partial charge is 0.267 e. The fourth-order valence-corrected chi connectivity index (χ4v) is 2.67. The second-order valence-corrected chi connectivity index (χ2v) is 7.25. The molecule has 2 N–H and O–H groups in total. The maximum atomic E-state index is 12.3. The van der Waals surface area contributed by atoms with Gasteiger partial charge in [-0.25, -0.2) is 4.98 Å². The molecule has 0 radical (unpaired) electrons. The highest BCUT2D eigenvalue weighted by atomic mass is 32.1. The number of carbonyl (C=O) groups is 2. The zero-order chi connectivity index (χ0) is 17.7. The van der Waals surface area contributed by atoms with E-state index in [2.05, 4.69) is 36.4 Å². The Labute approximate surface area is 145 Å². The normalized spacial score (nSPS) is 11.0. The Bertz CT molecular complexity index is 735. The molecule has 7 heteroatoms. The molecule has 0 unspecified atom stereocenters. The van der Waals surface area contributed by atoms with Crippen LogP contribution in [0.4, 0.5) is 5.69 Å². The van der Waals surface area contributed by atoms with Gasteiger partial charge in [0, 0.05) is 24.2 Å². The minimum absolute atomic E-state index is 0.0717. The molecule has 0 aliphatic heterocycles. The third-order valence-electron chi connectivity index (χ3n) is 3.11. The fraction of sp³-hybridized carbons (Fsp3) is 0.353. The first-order chi connectivity index (χ1) is 11.3. The van der Waals surface area contributed by atoms with E-state index in [4.69, 9.17) is 4.74 Å². The van der Waals surface area contributed by atoms with Gasteiger partial charge in [0.15, 0.2) is 6.61 Å². The van der Waals surface area contributed by atoms with E-state index in [1.807, 2.05) is 0 Å². The fourth-order valence-electron chi connectivity index (χ4n) is 1.80. The maximum Gasteiger partial charge on any atom is 0.267 e. The molecular weight excluding hydrogens is 326 g/mol. The zero-order valence-electron chi connectivity index (χ0n) is 14.2. The number of aromatic nitrogens is 1.